The van der Waals surface area contributed by atoms with Gasteiger partial charge in [-0.25, -0.2) is 4.79 Å². The summed E-state index contributed by atoms with van der Waals surface area (Å²) in [5, 5.41) is 2.37. The van der Waals surface area contributed by atoms with Gasteiger partial charge in [0, 0.05) is 5.56 Å². The zero-order valence-electron chi connectivity index (χ0n) is 10.4. The molecule has 0 radical (unpaired) electrons. The number of carbonyl (C=O) groups is 2. The summed E-state index contributed by atoms with van der Waals surface area (Å²) in [5.74, 6) is -1.32. The number of benzene rings is 1. The smallest absolute Gasteiger partial charge is 0.387 e. The number of amides is 1. The van der Waals surface area contributed by atoms with Gasteiger partial charge in [-0.2, -0.15) is 8.78 Å². The summed E-state index contributed by atoms with van der Waals surface area (Å²) in [5.41, 5.74) is 0.105. The highest BCUT2D eigenvalue weighted by atomic mass is 19.3. The maximum Gasteiger partial charge on any atom is 0.387 e. The molecule has 0 aromatic heterocycles. The summed E-state index contributed by atoms with van der Waals surface area (Å²) in [6, 6.07) is 4.43. The highest BCUT2D eigenvalue weighted by Gasteiger charge is 2.17. The van der Waals surface area contributed by atoms with Crippen LogP contribution in [0.5, 0.6) is 5.75 Å². The number of hydrogen-bond acceptors (Lipinski definition) is 4. The van der Waals surface area contributed by atoms with Crippen LogP contribution >= 0.6 is 0 Å². The van der Waals surface area contributed by atoms with Crippen LogP contribution in [0.3, 0.4) is 0 Å². The van der Waals surface area contributed by atoms with Crippen LogP contribution in [-0.4, -0.2) is 31.6 Å². The molecule has 1 amide bonds. The summed E-state index contributed by atoms with van der Waals surface area (Å²) in [6.45, 7) is -1.52. The predicted octanol–water partition coefficient (Wildman–Crippen LogP) is 1.58. The molecule has 1 N–H and O–H groups in total. The zero-order valence-corrected chi connectivity index (χ0v) is 10.4. The van der Waals surface area contributed by atoms with Gasteiger partial charge in [0.05, 0.1) is 7.11 Å². The first kappa shape index (κ1) is 14.9. The molecule has 0 heterocycles. The van der Waals surface area contributed by atoms with E-state index in [2.05, 4.69) is 14.8 Å². The monoisotopic (exact) mass is 273 g/mol. The Labute approximate surface area is 108 Å². The molecule has 5 nitrogen and oxygen atoms in total. The molecule has 0 aliphatic carbocycles. The van der Waals surface area contributed by atoms with Gasteiger partial charge in [0.15, 0.2) is 0 Å². The van der Waals surface area contributed by atoms with Gasteiger partial charge in [0.1, 0.15) is 11.8 Å². The molecule has 0 aliphatic rings. The first-order valence-electron chi connectivity index (χ1n) is 5.37. The van der Waals surface area contributed by atoms with E-state index in [-0.39, 0.29) is 11.3 Å². The van der Waals surface area contributed by atoms with Crippen LogP contribution in [-0.2, 0) is 9.53 Å². The van der Waals surface area contributed by atoms with Crippen LogP contribution < -0.4 is 10.1 Å². The van der Waals surface area contributed by atoms with E-state index in [1.165, 1.54) is 32.2 Å². The molecule has 1 atom stereocenters. The normalized spacial score (nSPS) is 11.8. The maximum absolute atomic E-state index is 12.0. The van der Waals surface area contributed by atoms with Crippen LogP contribution in [0.15, 0.2) is 24.3 Å². The van der Waals surface area contributed by atoms with E-state index < -0.39 is 24.5 Å². The van der Waals surface area contributed by atoms with E-state index in [9.17, 15) is 18.4 Å². The van der Waals surface area contributed by atoms with Gasteiger partial charge in [-0.1, -0.05) is 6.07 Å². The van der Waals surface area contributed by atoms with E-state index in [4.69, 9.17) is 0 Å². The Hall–Kier alpha value is -2.18. The molecule has 0 fully saturated rings. The van der Waals surface area contributed by atoms with Crippen molar-refractivity contribution in [2.75, 3.05) is 7.11 Å². The van der Waals surface area contributed by atoms with Crippen LogP contribution in [0.1, 0.15) is 17.3 Å². The molecule has 0 spiro atoms. The van der Waals surface area contributed by atoms with Gasteiger partial charge in [0.2, 0.25) is 0 Å². The fourth-order valence-electron chi connectivity index (χ4n) is 1.33. The van der Waals surface area contributed by atoms with Gasteiger partial charge in [-0.05, 0) is 25.1 Å². The van der Waals surface area contributed by atoms with Crippen molar-refractivity contribution in [2.45, 2.75) is 19.6 Å². The molecule has 1 rings (SSSR count). The fraction of sp³-hybridized carbons (Fsp3) is 0.333. The molecule has 0 saturated carbocycles. The van der Waals surface area contributed by atoms with Crippen molar-refractivity contribution in [3.63, 3.8) is 0 Å². The predicted molar refractivity (Wildman–Crippen MR) is 62.0 cm³/mol. The lowest BCUT2D eigenvalue weighted by Crippen LogP contribution is -2.39. The highest BCUT2D eigenvalue weighted by Crippen LogP contribution is 2.15. The van der Waals surface area contributed by atoms with E-state index in [1.54, 1.807) is 0 Å². The van der Waals surface area contributed by atoms with Crippen molar-refractivity contribution in [2.24, 2.45) is 0 Å². The van der Waals surface area contributed by atoms with Crippen LogP contribution in [0.4, 0.5) is 8.78 Å². The molecule has 19 heavy (non-hydrogen) atoms. The van der Waals surface area contributed by atoms with E-state index in [0.717, 1.165) is 6.07 Å². The minimum absolute atomic E-state index is 0.105. The number of halogens is 2. The minimum atomic E-state index is -2.97. The van der Waals surface area contributed by atoms with Crippen LogP contribution in [0.2, 0.25) is 0 Å². The standard InChI is InChI=1S/C12H13F2NO4/c1-7(11(17)18-2)15-10(16)8-4-3-5-9(6-8)19-12(13)14/h3-7,12H,1-2H3,(H,15,16). The maximum atomic E-state index is 12.0. The van der Waals surface area contributed by atoms with Crippen molar-refractivity contribution in [1.82, 2.24) is 5.32 Å². The molecular formula is C12H13F2NO4. The van der Waals surface area contributed by atoms with Crippen LogP contribution in [0.25, 0.3) is 0 Å². The number of ether oxygens (including phenoxy) is 2. The number of nitrogens with one attached hydrogen (secondary N) is 1. The third-order valence-corrected chi connectivity index (χ3v) is 2.22. The molecule has 104 valence electrons. The number of methoxy groups -OCH3 is 1. The highest BCUT2D eigenvalue weighted by molar-refractivity contribution is 5.96. The lowest BCUT2D eigenvalue weighted by Gasteiger charge is -2.12. The first-order valence-corrected chi connectivity index (χ1v) is 5.37. The zero-order chi connectivity index (χ0) is 14.4. The third-order valence-electron chi connectivity index (χ3n) is 2.22. The average molecular weight is 273 g/mol. The molecular weight excluding hydrogens is 260 g/mol. The second kappa shape index (κ2) is 6.67. The Bertz CT molecular complexity index is 465. The van der Waals surface area contributed by atoms with Crippen molar-refractivity contribution >= 4 is 11.9 Å². The molecule has 1 unspecified atom stereocenters. The first-order chi connectivity index (χ1) is 8.93. The van der Waals surface area contributed by atoms with Crippen LogP contribution in [0, 0.1) is 0 Å². The van der Waals surface area contributed by atoms with Crippen molar-refractivity contribution in [3.8, 4) is 5.75 Å². The van der Waals surface area contributed by atoms with E-state index in [0.29, 0.717) is 0 Å². The summed E-state index contributed by atoms with van der Waals surface area (Å²) in [6.07, 6.45) is 0. The second-order valence-electron chi connectivity index (χ2n) is 3.62. The molecule has 0 aliphatic heterocycles. The van der Waals surface area contributed by atoms with Gasteiger partial charge < -0.3 is 14.8 Å². The SMILES string of the molecule is COC(=O)C(C)NC(=O)c1cccc(OC(F)F)c1. The minimum Gasteiger partial charge on any atom is -0.467 e. The Morgan fingerprint density at radius 3 is 2.58 bits per heavy atom. The summed E-state index contributed by atoms with van der Waals surface area (Å²) in [4.78, 5) is 22.9. The Kier molecular flexibility index (Phi) is 5.23. The number of rotatable bonds is 5. The summed E-state index contributed by atoms with van der Waals surface area (Å²) in [7, 11) is 1.20. The largest absolute Gasteiger partial charge is 0.467 e. The van der Waals surface area contributed by atoms with Gasteiger partial charge in [-0.3, -0.25) is 4.79 Å². The quantitative estimate of drug-likeness (QED) is 0.827. The van der Waals surface area contributed by atoms with Gasteiger partial charge >= 0.3 is 12.6 Å². The topological polar surface area (TPSA) is 64.6 Å². The van der Waals surface area contributed by atoms with Gasteiger partial charge in [-0.15, -0.1) is 0 Å². The number of esters is 1. The van der Waals surface area contributed by atoms with Crippen molar-refractivity contribution in [1.29, 1.82) is 0 Å². The van der Waals surface area contributed by atoms with E-state index in [1.807, 2.05) is 0 Å². The second-order valence-corrected chi connectivity index (χ2v) is 3.62. The fourth-order valence-corrected chi connectivity index (χ4v) is 1.33. The Morgan fingerprint density at radius 1 is 1.32 bits per heavy atom. The molecule has 0 saturated heterocycles. The van der Waals surface area contributed by atoms with E-state index >= 15 is 0 Å². The lowest BCUT2D eigenvalue weighted by atomic mass is 10.2. The number of carbonyl (C=O) groups excluding carboxylic acids is 2. The lowest BCUT2D eigenvalue weighted by molar-refractivity contribution is -0.142. The number of alkyl halides is 2. The third kappa shape index (κ3) is 4.53. The number of hydrogen-bond donors (Lipinski definition) is 1. The molecule has 7 heteroatoms. The summed E-state index contributed by atoms with van der Waals surface area (Å²) >= 11 is 0. The van der Waals surface area contributed by atoms with Crippen molar-refractivity contribution < 1.29 is 27.8 Å². The molecule has 1 aromatic rings. The van der Waals surface area contributed by atoms with Crippen molar-refractivity contribution in [3.05, 3.63) is 29.8 Å². The Balaban J connectivity index is 2.74. The molecule has 0 bridgehead atoms. The van der Waals surface area contributed by atoms with Gasteiger partial charge in [0.25, 0.3) is 5.91 Å². The summed E-state index contributed by atoms with van der Waals surface area (Å²) < 4.78 is 32.7. The molecule has 1 aromatic carbocycles. The Morgan fingerprint density at radius 2 is 2.00 bits per heavy atom. The average Bonchev–Trinajstić information content (AvgIpc) is 2.37.